The summed E-state index contributed by atoms with van der Waals surface area (Å²) in [4.78, 5) is 23.5. The highest BCUT2D eigenvalue weighted by molar-refractivity contribution is 7.88. The van der Waals surface area contributed by atoms with Gasteiger partial charge in [-0.05, 0) is 26.2 Å². The average Bonchev–Trinajstić information content (AvgIpc) is 2.37. The van der Waals surface area contributed by atoms with Gasteiger partial charge in [0, 0.05) is 6.54 Å². The van der Waals surface area contributed by atoms with Crippen molar-refractivity contribution in [2.75, 3.05) is 12.8 Å². The first-order chi connectivity index (χ1) is 9.12. The van der Waals surface area contributed by atoms with Gasteiger partial charge in [0.05, 0.1) is 6.26 Å². The molecule has 1 rings (SSSR count). The van der Waals surface area contributed by atoms with Crippen LogP contribution in [0.1, 0.15) is 39.5 Å². The maximum atomic E-state index is 12.3. The van der Waals surface area contributed by atoms with Crippen molar-refractivity contribution in [1.29, 1.82) is 0 Å². The summed E-state index contributed by atoms with van der Waals surface area (Å²) < 4.78 is 24.6. The Bertz CT molecular complexity index is 490. The summed E-state index contributed by atoms with van der Waals surface area (Å²) in [6, 6.07) is -0.816. The van der Waals surface area contributed by atoms with Crippen LogP contribution >= 0.6 is 0 Å². The Kier molecular flexibility index (Phi) is 5.15. The number of carbonyl (C=O) groups is 2. The molecule has 1 saturated heterocycles. The third kappa shape index (κ3) is 3.69. The zero-order valence-electron chi connectivity index (χ0n) is 12.0. The van der Waals surface area contributed by atoms with Gasteiger partial charge in [-0.15, -0.1) is 0 Å². The number of piperidine rings is 1. The molecule has 7 nitrogen and oxygen atoms in total. The molecule has 0 aromatic heterocycles. The first-order valence-corrected chi connectivity index (χ1v) is 8.49. The van der Waals surface area contributed by atoms with Crippen molar-refractivity contribution in [3.8, 4) is 0 Å². The molecule has 0 spiro atoms. The van der Waals surface area contributed by atoms with Gasteiger partial charge in [0.25, 0.3) is 0 Å². The number of aliphatic carboxylic acids is 1. The highest BCUT2D eigenvalue weighted by Gasteiger charge is 2.39. The third-order valence-electron chi connectivity index (χ3n) is 3.76. The lowest BCUT2D eigenvalue weighted by molar-refractivity contribution is -0.147. The molecule has 1 heterocycles. The number of sulfonamides is 1. The van der Waals surface area contributed by atoms with Crippen LogP contribution in [0.25, 0.3) is 0 Å². The number of nitrogens with zero attached hydrogens (tertiary/aromatic N) is 1. The summed E-state index contributed by atoms with van der Waals surface area (Å²) in [5.74, 6) is -1.67. The molecule has 0 aromatic carbocycles. The second-order valence-corrected chi connectivity index (χ2v) is 7.30. The Hall–Kier alpha value is -1.15. The number of rotatable bonds is 5. The van der Waals surface area contributed by atoms with E-state index >= 15 is 0 Å². The van der Waals surface area contributed by atoms with E-state index in [1.54, 1.807) is 6.92 Å². The monoisotopic (exact) mass is 306 g/mol. The summed E-state index contributed by atoms with van der Waals surface area (Å²) >= 11 is 0. The minimum absolute atomic E-state index is 0.222. The van der Waals surface area contributed by atoms with Gasteiger partial charge in [0.2, 0.25) is 15.9 Å². The molecule has 2 N–H and O–H groups in total. The van der Waals surface area contributed by atoms with E-state index < -0.39 is 33.5 Å². The molecule has 0 saturated carbocycles. The topological polar surface area (TPSA) is 104 Å². The number of carboxylic acid groups (broad SMARTS) is 1. The van der Waals surface area contributed by atoms with E-state index in [0.29, 0.717) is 19.4 Å². The Morgan fingerprint density at radius 3 is 2.45 bits per heavy atom. The molecular formula is C12H22N2O5S. The number of amides is 1. The van der Waals surface area contributed by atoms with Crippen LogP contribution in [0.4, 0.5) is 0 Å². The normalized spacial score (nSPS) is 23.9. The van der Waals surface area contributed by atoms with Gasteiger partial charge < -0.3 is 10.4 Å². The van der Waals surface area contributed by atoms with Gasteiger partial charge in [-0.25, -0.2) is 13.2 Å². The van der Waals surface area contributed by atoms with Gasteiger partial charge in [-0.1, -0.05) is 13.3 Å². The Balaban J connectivity index is 2.92. The van der Waals surface area contributed by atoms with Crippen LogP contribution in [0.3, 0.4) is 0 Å². The van der Waals surface area contributed by atoms with Crippen LogP contribution in [-0.4, -0.2) is 54.1 Å². The zero-order valence-corrected chi connectivity index (χ0v) is 12.9. The molecule has 0 aromatic rings. The summed E-state index contributed by atoms with van der Waals surface area (Å²) in [5.41, 5.74) is -1.38. The van der Waals surface area contributed by atoms with Gasteiger partial charge >= 0.3 is 5.97 Å². The molecule has 20 heavy (non-hydrogen) atoms. The van der Waals surface area contributed by atoms with Crippen LogP contribution in [0.15, 0.2) is 0 Å². The fourth-order valence-corrected chi connectivity index (χ4v) is 3.34. The van der Waals surface area contributed by atoms with E-state index in [9.17, 15) is 18.0 Å². The molecule has 0 radical (unpaired) electrons. The molecule has 116 valence electrons. The standard InChI is InChI=1S/C12H22N2O5S/c1-4-12(2,11(16)17)13-10(15)9-7-5-6-8-14(9)20(3,18)19/h9H,4-8H2,1-3H3,(H,13,15)(H,16,17). The largest absolute Gasteiger partial charge is 0.480 e. The van der Waals surface area contributed by atoms with Crippen molar-refractivity contribution < 1.29 is 23.1 Å². The molecule has 0 aliphatic carbocycles. The SMILES string of the molecule is CCC(C)(NC(=O)C1CCCCN1S(C)(=O)=O)C(=O)O. The Morgan fingerprint density at radius 1 is 1.40 bits per heavy atom. The summed E-state index contributed by atoms with van der Waals surface area (Å²) in [5, 5.41) is 11.6. The molecule has 1 amide bonds. The van der Waals surface area contributed by atoms with E-state index in [0.717, 1.165) is 17.0 Å². The third-order valence-corrected chi connectivity index (χ3v) is 5.05. The Labute approximate surface area is 119 Å². The van der Waals surface area contributed by atoms with Crippen LogP contribution in [-0.2, 0) is 19.6 Å². The number of nitrogens with one attached hydrogen (secondary N) is 1. The fourth-order valence-electron chi connectivity index (χ4n) is 2.21. The van der Waals surface area contributed by atoms with Gasteiger partial charge in [-0.2, -0.15) is 4.31 Å². The average molecular weight is 306 g/mol. The smallest absolute Gasteiger partial charge is 0.329 e. The number of carboxylic acids is 1. The number of hydrogen-bond acceptors (Lipinski definition) is 4. The molecule has 1 aliphatic heterocycles. The molecule has 8 heteroatoms. The summed E-state index contributed by atoms with van der Waals surface area (Å²) in [6.45, 7) is 3.37. The first-order valence-electron chi connectivity index (χ1n) is 6.64. The molecule has 2 unspecified atom stereocenters. The molecule has 0 bridgehead atoms. The minimum Gasteiger partial charge on any atom is -0.480 e. The number of carbonyl (C=O) groups excluding carboxylic acids is 1. The van der Waals surface area contributed by atoms with Crippen LogP contribution < -0.4 is 5.32 Å². The quantitative estimate of drug-likeness (QED) is 0.753. The van der Waals surface area contributed by atoms with Crippen molar-refractivity contribution in [2.24, 2.45) is 0 Å². The van der Waals surface area contributed by atoms with E-state index in [4.69, 9.17) is 5.11 Å². The maximum absolute atomic E-state index is 12.3. The number of hydrogen-bond donors (Lipinski definition) is 2. The highest BCUT2D eigenvalue weighted by Crippen LogP contribution is 2.21. The van der Waals surface area contributed by atoms with Crippen LogP contribution in [0.2, 0.25) is 0 Å². The molecule has 1 fully saturated rings. The summed E-state index contributed by atoms with van der Waals surface area (Å²) in [7, 11) is -3.48. The van der Waals surface area contributed by atoms with Crippen molar-refractivity contribution in [2.45, 2.75) is 51.1 Å². The highest BCUT2D eigenvalue weighted by atomic mass is 32.2. The zero-order chi connectivity index (χ0) is 15.6. The van der Waals surface area contributed by atoms with E-state index in [1.807, 2.05) is 0 Å². The first kappa shape index (κ1) is 16.9. The van der Waals surface area contributed by atoms with Gasteiger partial charge in [0.15, 0.2) is 0 Å². The maximum Gasteiger partial charge on any atom is 0.329 e. The second-order valence-electron chi connectivity index (χ2n) is 5.37. The molecular weight excluding hydrogens is 284 g/mol. The summed E-state index contributed by atoms with van der Waals surface area (Å²) in [6.07, 6.45) is 3.16. The molecule has 1 aliphatic rings. The van der Waals surface area contributed by atoms with Gasteiger partial charge in [-0.3, -0.25) is 4.79 Å². The Morgan fingerprint density at radius 2 is 2.00 bits per heavy atom. The van der Waals surface area contributed by atoms with Crippen LogP contribution in [0, 0.1) is 0 Å². The lowest BCUT2D eigenvalue weighted by Crippen LogP contribution is -2.59. The van der Waals surface area contributed by atoms with Crippen molar-refractivity contribution in [3.63, 3.8) is 0 Å². The van der Waals surface area contributed by atoms with Crippen molar-refractivity contribution in [3.05, 3.63) is 0 Å². The molecule has 2 atom stereocenters. The van der Waals surface area contributed by atoms with E-state index in [-0.39, 0.29) is 6.42 Å². The van der Waals surface area contributed by atoms with E-state index in [1.165, 1.54) is 6.92 Å². The predicted octanol–water partition coefficient (Wildman–Crippen LogP) is 0.170. The lowest BCUT2D eigenvalue weighted by atomic mass is 9.97. The minimum atomic E-state index is -3.48. The van der Waals surface area contributed by atoms with Gasteiger partial charge in [0.1, 0.15) is 11.6 Å². The van der Waals surface area contributed by atoms with Crippen LogP contribution in [0.5, 0.6) is 0 Å². The lowest BCUT2D eigenvalue weighted by Gasteiger charge is -2.35. The fraction of sp³-hybridized carbons (Fsp3) is 0.833. The second kappa shape index (κ2) is 6.09. The van der Waals surface area contributed by atoms with Crippen molar-refractivity contribution >= 4 is 21.9 Å². The predicted molar refractivity (Wildman–Crippen MR) is 73.7 cm³/mol. The van der Waals surface area contributed by atoms with Crippen molar-refractivity contribution in [1.82, 2.24) is 9.62 Å². The van der Waals surface area contributed by atoms with E-state index in [2.05, 4.69) is 5.32 Å².